The van der Waals surface area contributed by atoms with Gasteiger partial charge < -0.3 is 4.43 Å². The molecule has 1 heterocycles. The monoisotopic (exact) mass is 168 g/mol. The molecule has 1 nitrogen and oxygen atoms in total. The second-order valence-electron chi connectivity index (χ2n) is 3.78. The van der Waals surface area contributed by atoms with E-state index in [0.29, 0.717) is 0 Å². The molecule has 1 atom stereocenters. The van der Waals surface area contributed by atoms with Crippen LogP contribution in [0.4, 0.5) is 0 Å². The van der Waals surface area contributed by atoms with E-state index in [1.54, 1.807) is 0 Å². The molecule has 2 heteroatoms. The van der Waals surface area contributed by atoms with Crippen LogP contribution in [0.3, 0.4) is 0 Å². The zero-order valence-electron chi connectivity index (χ0n) is 7.55. The first-order chi connectivity index (χ1) is 5.01. The van der Waals surface area contributed by atoms with Crippen molar-refractivity contribution in [3.63, 3.8) is 0 Å². The van der Waals surface area contributed by atoms with Crippen LogP contribution in [-0.4, -0.2) is 14.4 Å². The third kappa shape index (κ3) is 2.31. The van der Waals surface area contributed by atoms with Gasteiger partial charge in [0.2, 0.25) is 0 Å². The molecule has 0 amide bonds. The van der Waals surface area contributed by atoms with Gasteiger partial charge >= 0.3 is 0 Å². The average molecular weight is 168 g/mol. The van der Waals surface area contributed by atoms with Crippen LogP contribution in [0, 0.1) is 0 Å². The summed E-state index contributed by atoms with van der Waals surface area (Å²) in [6.07, 6.45) is 4.53. The highest BCUT2D eigenvalue weighted by Crippen LogP contribution is 2.23. The van der Waals surface area contributed by atoms with Gasteiger partial charge in [-0.05, 0) is 31.6 Å². The summed E-state index contributed by atoms with van der Waals surface area (Å²) >= 11 is 0. The standard InChI is InChI=1S/C9H16OSi/c1-8(2)9-6-5-7-11(3,4)10-9/h5-6,9H,1,7H2,2-4H3/t9-/m1/s1. The van der Waals surface area contributed by atoms with Crippen molar-refractivity contribution in [3.8, 4) is 0 Å². The molecule has 0 aliphatic carbocycles. The lowest BCUT2D eigenvalue weighted by Crippen LogP contribution is -2.37. The van der Waals surface area contributed by atoms with Crippen LogP contribution in [0.1, 0.15) is 6.92 Å². The van der Waals surface area contributed by atoms with Crippen molar-refractivity contribution in [3.05, 3.63) is 24.3 Å². The van der Waals surface area contributed by atoms with E-state index in [9.17, 15) is 0 Å². The fraction of sp³-hybridized carbons (Fsp3) is 0.556. The van der Waals surface area contributed by atoms with Crippen LogP contribution >= 0.6 is 0 Å². The molecule has 0 saturated carbocycles. The predicted molar refractivity (Wildman–Crippen MR) is 51.1 cm³/mol. The van der Waals surface area contributed by atoms with Crippen molar-refractivity contribution in [2.45, 2.75) is 32.2 Å². The first-order valence-electron chi connectivity index (χ1n) is 4.01. The Kier molecular flexibility index (Phi) is 2.35. The predicted octanol–water partition coefficient (Wildman–Crippen LogP) is 2.72. The zero-order valence-corrected chi connectivity index (χ0v) is 8.55. The normalized spacial score (nSPS) is 28.5. The van der Waals surface area contributed by atoms with Gasteiger partial charge in [0.25, 0.3) is 0 Å². The summed E-state index contributed by atoms with van der Waals surface area (Å²) < 4.78 is 5.89. The third-order valence-electron chi connectivity index (χ3n) is 1.85. The quantitative estimate of drug-likeness (QED) is 0.432. The first-order valence-corrected chi connectivity index (χ1v) is 7.13. The highest BCUT2D eigenvalue weighted by atomic mass is 28.4. The van der Waals surface area contributed by atoms with Gasteiger partial charge in [0.1, 0.15) is 0 Å². The van der Waals surface area contributed by atoms with Crippen molar-refractivity contribution >= 4 is 8.32 Å². The summed E-state index contributed by atoms with van der Waals surface area (Å²) in [6, 6.07) is 1.14. The fourth-order valence-electron chi connectivity index (χ4n) is 1.17. The van der Waals surface area contributed by atoms with Gasteiger partial charge in [-0.25, -0.2) is 0 Å². The first kappa shape index (κ1) is 8.75. The fourth-order valence-corrected chi connectivity index (χ4v) is 2.94. The number of hydrogen-bond acceptors (Lipinski definition) is 1. The molecular weight excluding hydrogens is 152 g/mol. The van der Waals surface area contributed by atoms with Gasteiger partial charge in [0.05, 0.1) is 6.10 Å². The summed E-state index contributed by atoms with van der Waals surface area (Å²) in [5, 5.41) is 0. The van der Waals surface area contributed by atoms with Gasteiger partial charge in [-0.2, -0.15) is 0 Å². The molecule has 0 bridgehead atoms. The topological polar surface area (TPSA) is 9.23 Å². The van der Waals surface area contributed by atoms with E-state index in [1.807, 2.05) is 6.92 Å². The molecule has 1 aliphatic rings. The maximum Gasteiger partial charge on any atom is 0.191 e. The van der Waals surface area contributed by atoms with E-state index in [4.69, 9.17) is 4.43 Å². The minimum Gasteiger partial charge on any atom is -0.407 e. The Morgan fingerprint density at radius 3 is 2.64 bits per heavy atom. The minimum absolute atomic E-state index is 0.186. The highest BCUT2D eigenvalue weighted by molar-refractivity contribution is 6.71. The molecular formula is C9H16OSi. The molecule has 0 N–H and O–H groups in total. The second kappa shape index (κ2) is 2.95. The van der Waals surface area contributed by atoms with Crippen LogP contribution in [0.25, 0.3) is 0 Å². The van der Waals surface area contributed by atoms with Crippen molar-refractivity contribution in [2.24, 2.45) is 0 Å². The Hall–Kier alpha value is -0.343. The molecule has 1 rings (SSSR count). The molecule has 62 valence electrons. The Morgan fingerprint density at radius 2 is 2.27 bits per heavy atom. The molecule has 0 spiro atoms. The Labute approximate surface area is 69.9 Å². The molecule has 1 aliphatic heterocycles. The van der Waals surface area contributed by atoms with Crippen molar-refractivity contribution in [1.29, 1.82) is 0 Å². The largest absolute Gasteiger partial charge is 0.407 e. The Bertz CT molecular complexity index is 194. The summed E-state index contributed by atoms with van der Waals surface area (Å²) in [4.78, 5) is 0. The Balaban J connectivity index is 2.67. The van der Waals surface area contributed by atoms with Gasteiger partial charge in [-0.1, -0.05) is 18.7 Å². The highest BCUT2D eigenvalue weighted by Gasteiger charge is 2.27. The van der Waals surface area contributed by atoms with Crippen LogP contribution in [0.2, 0.25) is 19.1 Å². The number of rotatable bonds is 1. The Morgan fingerprint density at radius 1 is 1.64 bits per heavy atom. The minimum atomic E-state index is -1.36. The second-order valence-corrected chi connectivity index (χ2v) is 7.94. The van der Waals surface area contributed by atoms with E-state index in [1.165, 1.54) is 0 Å². The van der Waals surface area contributed by atoms with Gasteiger partial charge in [-0.15, -0.1) is 0 Å². The van der Waals surface area contributed by atoms with Gasteiger partial charge in [-0.3, -0.25) is 0 Å². The maximum atomic E-state index is 5.89. The molecule has 0 unspecified atom stereocenters. The van der Waals surface area contributed by atoms with Crippen molar-refractivity contribution in [2.75, 3.05) is 0 Å². The lowest BCUT2D eigenvalue weighted by atomic mass is 10.2. The van der Waals surface area contributed by atoms with E-state index < -0.39 is 8.32 Å². The average Bonchev–Trinajstić information content (AvgIpc) is 1.85. The van der Waals surface area contributed by atoms with E-state index in [2.05, 4.69) is 31.8 Å². The maximum absolute atomic E-state index is 5.89. The summed E-state index contributed by atoms with van der Waals surface area (Å²) in [6.45, 7) is 10.4. The molecule has 0 fully saturated rings. The van der Waals surface area contributed by atoms with Gasteiger partial charge in [0, 0.05) is 0 Å². The van der Waals surface area contributed by atoms with E-state index in [0.717, 1.165) is 11.6 Å². The summed E-state index contributed by atoms with van der Waals surface area (Å²) in [7, 11) is -1.36. The molecule has 0 radical (unpaired) electrons. The van der Waals surface area contributed by atoms with E-state index >= 15 is 0 Å². The SMILES string of the molecule is C=C(C)[C@H]1C=CC[Si](C)(C)O1. The lowest BCUT2D eigenvalue weighted by Gasteiger charge is -2.30. The molecule has 11 heavy (non-hydrogen) atoms. The summed E-state index contributed by atoms with van der Waals surface area (Å²) in [5.41, 5.74) is 1.11. The van der Waals surface area contributed by atoms with E-state index in [-0.39, 0.29) is 6.10 Å². The van der Waals surface area contributed by atoms with Crippen LogP contribution in [0.5, 0.6) is 0 Å². The van der Waals surface area contributed by atoms with Crippen molar-refractivity contribution in [1.82, 2.24) is 0 Å². The number of allylic oxidation sites excluding steroid dienone is 1. The number of hydrogen-bond donors (Lipinski definition) is 0. The zero-order chi connectivity index (χ0) is 8.48. The summed E-state index contributed by atoms with van der Waals surface area (Å²) in [5.74, 6) is 0. The molecule has 0 aromatic carbocycles. The van der Waals surface area contributed by atoms with Gasteiger partial charge in [0.15, 0.2) is 8.32 Å². The van der Waals surface area contributed by atoms with Crippen LogP contribution in [-0.2, 0) is 4.43 Å². The molecule has 0 aromatic rings. The van der Waals surface area contributed by atoms with Crippen LogP contribution < -0.4 is 0 Å². The lowest BCUT2D eigenvalue weighted by molar-refractivity contribution is 0.269. The molecule has 0 aromatic heterocycles. The smallest absolute Gasteiger partial charge is 0.191 e. The third-order valence-corrected chi connectivity index (χ3v) is 3.96. The molecule has 0 saturated heterocycles. The van der Waals surface area contributed by atoms with Crippen molar-refractivity contribution < 1.29 is 4.43 Å². The van der Waals surface area contributed by atoms with Crippen LogP contribution in [0.15, 0.2) is 24.3 Å².